The van der Waals surface area contributed by atoms with Crippen LogP contribution in [0.2, 0.25) is 0 Å². The Balaban J connectivity index is 0.00000342. The van der Waals surface area contributed by atoms with E-state index >= 15 is 0 Å². The second-order valence-electron chi connectivity index (χ2n) is 9.95. The molecule has 2 amide bonds. The lowest BCUT2D eigenvalue weighted by molar-refractivity contribution is 0.101. The molecule has 190 valence electrons. The van der Waals surface area contributed by atoms with Crippen LogP contribution in [0.15, 0.2) is 48.5 Å². The van der Waals surface area contributed by atoms with Crippen molar-refractivity contribution in [1.29, 1.82) is 0 Å². The quantitative estimate of drug-likeness (QED) is 0.391. The highest BCUT2D eigenvalue weighted by Crippen LogP contribution is 2.29. The summed E-state index contributed by atoms with van der Waals surface area (Å²) in [5.74, 6) is 0.457. The van der Waals surface area contributed by atoms with Crippen molar-refractivity contribution < 1.29 is 14.0 Å². The number of carbonyl (C=O) groups excluding carboxylic acids is 2. The Morgan fingerprint density at radius 3 is 2.29 bits per heavy atom. The van der Waals surface area contributed by atoms with Crippen LogP contribution in [0.3, 0.4) is 0 Å². The topological polar surface area (TPSA) is 70.2 Å². The van der Waals surface area contributed by atoms with Crippen molar-refractivity contribution >= 4 is 29.9 Å². The first-order valence-corrected chi connectivity index (χ1v) is 12.7. The minimum Gasteiger partial charge on any atom is -0.334 e. The standard InChI is InChI=1S/C28H36FN3O2.ClH/c1-19(33)22-5-4-6-25(18-22)31-28(34)32-27-8-3-2-7-26(27)30-24-15-11-21(12-16-24)17-20-9-13-23(29)14-10-20;/h4-6,9-10,13-14,18,21,24,26-27,30H,2-3,7-8,11-12,15-17H2,1H3,(H2,31,32,34);1H. The Bertz CT molecular complexity index is 976. The molecule has 2 aliphatic rings. The van der Waals surface area contributed by atoms with Gasteiger partial charge in [-0.15, -0.1) is 12.4 Å². The zero-order valence-corrected chi connectivity index (χ0v) is 21.2. The molecule has 2 saturated carbocycles. The maximum atomic E-state index is 13.2. The number of hydrogen-bond acceptors (Lipinski definition) is 3. The average Bonchev–Trinajstić information content (AvgIpc) is 2.83. The van der Waals surface area contributed by atoms with Crippen LogP contribution in [0, 0.1) is 11.7 Å². The van der Waals surface area contributed by atoms with Gasteiger partial charge in [-0.2, -0.15) is 0 Å². The molecule has 35 heavy (non-hydrogen) atoms. The summed E-state index contributed by atoms with van der Waals surface area (Å²) in [6.07, 6.45) is 9.98. The highest BCUT2D eigenvalue weighted by molar-refractivity contribution is 5.96. The third-order valence-electron chi connectivity index (χ3n) is 7.34. The number of Topliss-reactive ketones (excluding diaryl/α,β-unsaturated/α-hetero) is 1. The van der Waals surface area contributed by atoms with E-state index in [4.69, 9.17) is 0 Å². The monoisotopic (exact) mass is 501 g/mol. The molecule has 2 unspecified atom stereocenters. The average molecular weight is 502 g/mol. The summed E-state index contributed by atoms with van der Waals surface area (Å²) in [6, 6.07) is 14.6. The molecule has 7 heteroatoms. The van der Waals surface area contributed by atoms with E-state index in [0.717, 1.165) is 38.5 Å². The van der Waals surface area contributed by atoms with Crippen LogP contribution < -0.4 is 16.0 Å². The summed E-state index contributed by atoms with van der Waals surface area (Å²) in [7, 11) is 0. The molecule has 0 saturated heterocycles. The van der Waals surface area contributed by atoms with E-state index in [-0.39, 0.29) is 42.1 Å². The number of halogens is 2. The van der Waals surface area contributed by atoms with Crippen LogP contribution in [-0.4, -0.2) is 29.9 Å². The third-order valence-corrected chi connectivity index (χ3v) is 7.34. The molecule has 0 aliphatic heterocycles. The predicted molar refractivity (Wildman–Crippen MR) is 141 cm³/mol. The molecule has 0 spiro atoms. The van der Waals surface area contributed by atoms with E-state index in [9.17, 15) is 14.0 Å². The molecule has 2 atom stereocenters. The fraction of sp³-hybridized carbons (Fsp3) is 0.500. The highest BCUT2D eigenvalue weighted by Gasteiger charge is 2.30. The smallest absolute Gasteiger partial charge is 0.319 e. The van der Waals surface area contributed by atoms with Crippen molar-refractivity contribution in [2.24, 2.45) is 5.92 Å². The van der Waals surface area contributed by atoms with E-state index in [2.05, 4.69) is 16.0 Å². The first kappa shape index (κ1) is 27.2. The molecule has 2 aliphatic carbocycles. The predicted octanol–water partition coefficient (Wildman–Crippen LogP) is 6.27. The van der Waals surface area contributed by atoms with Crippen molar-refractivity contribution in [2.75, 3.05) is 5.32 Å². The molecular weight excluding hydrogens is 465 g/mol. The molecular formula is C28H37ClFN3O2. The maximum Gasteiger partial charge on any atom is 0.319 e. The summed E-state index contributed by atoms with van der Waals surface area (Å²) < 4.78 is 13.2. The zero-order valence-electron chi connectivity index (χ0n) is 20.4. The summed E-state index contributed by atoms with van der Waals surface area (Å²) in [5.41, 5.74) is 2.43. The van der Waals surface area contributed by atoms with Gasteiger partial charge >= 0.3 is 6.03 Å². The normalized spacial score (nSPS) is 24.2. The lowest BCUT2D eigenvalue weighted by Gasteiger charge is -2.38. The molecule has 3 N–H and O–H groups in total. The van der Waals surface area contributed by atoms with Crippen molar-refractivity contribution in [2.45, 2.75) is 82.8 Å². The number of nitrogens with one attached hydrogen (secondary N) is 3. The lowest BCUT2D eigenvalue weighted by Crippen LogP contribution is -2.55. The molecule has 2 aromatic rings. The summed E-state index contributed by atoms with van der Waals surface area (Å²) >= 11 is 0. The molecule has 2 aromatic carbocycles. The molecule has 0 radical (unpaired) electrons. The summed E-state index contributed by atoms with van der Waals surface area (Å²) in [4.78, 5) is 24.3. The first-order chi connectivity index (χ1) is 16.5. The Morgan fingerprint density at radius 1 is 0.914 bits per heavy atom. The van der Waals surface area contributed by atoms with Crippen LogP contribution >= 0.6 is 12.4 Å². The van der Waals surface area contributed by atoms with Gasteiger partial charge in [-0.3, -0.25) is 4.79 Å². The largest absolute Gasteiger partial charge is 0.334 e. The molecule has 0 bridgehead atoms. The highest BCUT2D eigenvalue weighted by atomic mass is 35.5. The zero-order chi connectivity index (χ0) is 23.9. The SMILES string of the molecule is CC(=O)c1cccc(NC(=O)NC2CCCCC2NC2CCC(Cc3ccc(F)cc3)CC2)c1.Cl. The van der Waals surface area contributed by atoms with Gasteiger partial charge in [-0.05, 0) is 87.6 Å². The van der Waals surface area contributed by atoms with E-state index in [1.165, 1.54) is 31.7 Å². The second kappa shape index (κ2) is 13.0. The van der Waals surface area contributed by atoms with Crippen molar-refractivity contribution in [3.05, 3.63) is 65.5 Å². The van der Waals surface area contributed by atoms with Crippen molar-refractivity contribution in [3.63, 3.8) is 0 Å². The fourth-order valence-corrected chi connectivity index (χ4v) is 5.44. The van der Waals surface area contributed by atoms with E-state index in [1.54, 1.807) is 36.4 Å². The van der Waals surface area contributed by atoms with Crippen LogP contribution in [0.4, 0.5) is 14.9 Å². The van der Waals surface area contributed by atoms with Gasteiger partial charge in [0.25, 0.3) is 0 Å². The van der Waals surface area contributed by atoms with Gasteiger partial charge in [-0.1, -0.05) is 37.1 Å². The van der Waals surface area contributed by atoms with Crippen LogP contribution in [0.1, 0.15) is 74.2 Å². The number of benzene rings is 2. The second-order valence-corrected chi connectivity index (χ2v) is 9.95. The minimum absolute atomic E-state index is 0. The molecule has 0 heterocycles. The third kappa shape index (κ3) is 8.04. The van der Waals surface area contributed by atoms with Gasteiger partial charge in [0.2, 0.25) is 0 Å². The molecule has 5 nitrogen and oxygen atoms in total. The number of ketones is 1. The van der Waals surface area contributed by atoms with E-state index in [0.29, 0.717) is 23.2 Å². The molecule has 0 aromatic heterocycles. The fourth-order valence-electron chi connectivity index (χ4n) is 5.44. The Labute approximate surface area is 214 Å². The van der Waals surface area contributed by atoms with Gasteiger partial charge in [0.05, 0.1) is 0 Å². The van der Waals surface area contributed by atoms with Crippen molar-refractivity contribution in [3.8, 4) is 0 Å². The van der Waals surface area contributed by atoms with E-state index < -0.39 is 0 Å². The Hall–Kier alpha value is -2.44. The van der Waals surface area contributed by atoms with Gasteiger partial charge in [0.15, 0.2) is 5.78 Å². The minimum atomic E-state index is -0.220. The Kier molecular flexibility index (Phi) is 10.1. The summed E-state index contributed by atoms with van der Waals surface area (Å²) in [6.45, 7) is 1.52. The van der Waals surface area contributed by atoms with Gasteiger partial charge in [-0.25, -0.2) is 9.18 Å². The van der Waals surface area contributed by atoms with Gasteiger partial charge in [0.1, 0.15) is 5.82 Å². The van der Waals surface area contributed by atoms with Gasteiger partial charge < -0.3 is 16.0 Å². The van der Waals surface area contributed by atoms with Crippen LogP contribution in [-0.2, 0) is 6.42 Å². The van der Waals surface area contributed by atoms with Crippen LogP contribution in [0.25, 0.3) is 0 Å². The Morgan fingerprint density at radius 2 is 1.60 bits per heavy atom. The lowest BCUT2D eigenvalue weighted by atomic mass is 9.81. The number of carbonyl (C=O) groups is 2. The number of amides is 2. The van der Waals surface area contributed by atoms with E-state index in [1.807, 2.05) is 12.1 Å². The first-order valence-electron chi connectivity index (χ1n) is 12.7. The maximum absolute atomic E-state index is 13.2. The molecule has 4 rings (SSSR count). The van der Waals surface area contributed by atoms with Gasteiger partial charge in [0, 0.05) is 29.4 Å². The summed E-state index contributed by atoms with van der Waals surface area (Å²) in [5, 5.41) is 9.92. The number of hydrogen-bond donors (Lipinski definition) is 3. The number of anilines is 1. The molecule has 2 fully saturated rings. The number of rotatable bonds is 7. The van der Waals surface area contributed by atoms with Crippen molar-refractivity contribution in [1.82, 2.24) is 10.6 Å². The van der Waals surface area contributed by atoms with Crippen LogP contribution in [0.5, 0.6) is 0 Å². The number of urea groups is 1.